The molecule has 0 saturated carbocycles. The fraction of sp³-hybridized carbons (Fsp3) is 0.476. The molecule has 28 heavy (non-hydrogen) atoms. The third-order valence-corrected chi connectivity index (χ3v) is 4.42. The topological polar surface area (TPSA) is 95.9 Å². The van der Waals surface area contributed by atoms with E-state index in [0.717, 1.165) is 11.1 Å². The van der Waals surface area contributed by atoms with E-state index < -0.39 is 24.0 Å². The molecule has 0 bridgehead atoms. The van der Waals surface area contributed by atoms with E-state index >= 15 is 0 Å². The predicted molar refractivity (Wildman–Crippen MR) is 105 cm³/mol. The molecule has 1 aromatic carbocycles. The zero-order valence-corrected chi connectivity index (χ0v) is 16.8. The molecule has 1 aliphatic heterocycles. The summed E-state index contributed by atoms with van der Waals surface area (Å²) in [4.78, 5) is 37.6. The summed E-state index contributed by atoms with van der Waals surface area (Å²) in [6.07, 6.45) is 3.63. The van der Waals surface area contributed by atoms with E-state index in [0.29, 0.717) is 0 Å². The Morgan fingerprint density at radius 2 is 1.93 bits per heavy atom. The molecule has 0 fully saturated rings. The highest BCUT2D eigenvalue weighted by molar-refractivity contribution is 5.85. The number of hydrogen-bond acceptors (Lipinski definition) is 4. The number of rotatable bonds is 7. The van der Waals surface area contributed by atoms with Crippen LogP contribution in [0.2, 0.25) is 0 Å². The van der Waals surface area contributed by atoms with E-state index in [9.17, 15) is 19.5 Å². The van der Waals surface area contributed by atoms with Gasteiger partial charge in [-0.05, 0) is 38.0 Å². The largest absolute Gasteiger partial charge is 0.480 e. The van der Waals surface area contributed by atoms with Gasteiger partial charge in [-0.15, -0.1) is 0 Å². The molecule has 1 aliphatic rings. The van der Waals surface area contributed by atoms with Crippen molar-refractivity contribution in [2.45, 2.75) is 58.2 Å². The fourth-order valence-electron chi connectivity index (χ4n) is 3.08. The van der Waals surface area contributed by atoms with Crippen molar-refractivity contribution in [1.29, 1.82) is 0 Å². The third-order valence-electron chi connectivity index (χ3n) is 4.42. The van der Waals surface area contributed by atoms with Crippen molar-refractivity contribution >= 4 is 23.9 Å². The van der Waals surface area contributed by atoms with Gasteiger partial charge in [0.15, 0.2) is 0 Å². The second-order valence-electron chi connectivity index (χ2n) is 7.80. The molecular weight excluding hydrogens is 360 g/mol. The number of ether oxygens (including phenoxy) is 1. The number of carboxylic acid groups (broad SMARTS) is 1. The molecule has 1 heterocycles. The van der Waals surface area contributed by atoms with Crippen LogP contribution < -0.4 is 5.32 Å². The van der Waals surface area contributed by atoms with Crippen LogP contribution in [0.4, 0.5) is 0 Å². The van der Waals surface area contributed by atoms with Gasteiger partial charge in [-0.3, -0.25) is 9.59 Å². The predicted octanol–water partition coefficient (Wildman–Crippen LogP) is 2.73. The first-order valence-electron chi connectivity index (χ1n) is 9.30. The molecule has 7 heteroatoms. The molecule has 2 atom stereocenters. The number of carbonyl (C=O) groups is 3. The van der Waals surface area contributed by atoms with E-state index in [1.807, 2.05) is 51.1 Å². The number of aliphatic carboxylic acids is 1. The lowest BCUT2D eigenvalue weighted by molar-refractivity contribution is -0.143. The van der Waals surface area contributed by atoms with Crippen molar-refractivity contribution < 1.29 is 24.2 Å². The van der Waals surface area contributed by atoms with Crippen LogP contribution in [0.25, 0.3) is 6.08 Å². The van der Waals surface area contributed by atoms with Gasteiger partial charge in [0, 0.05) is 26.2 Å². The van der Waals surface area contributed by atoms with E-state index in [1.54, 1.807) is 6.20 Å². The number of fused-ring (bicyclic) bond motifs is 1. The maximum absolute atomic E-state index is 12.6. The van der Waals surface area contributed by atoms with Gasteiger partial charge in [0.1, 0.15) is 6.04 Å². The van der Waals surface area contributed by atoms with E-state index in [2.05, 4.69) is 5.32 Å². The monoisotopic (exact) mass is 388 g/mol. The first-order valence-corrected chi connectivity index (χ1v) is 9.30. The Morgan fingerprint density at radius 3 is 2.54 bits per heavy atom. The van der Waals surface area contributed by atoms with Crippen molar-refractivity contribution in [3.05, 3.63) is 41.6 Å². The Balaban J connectivity index is 2.07. The molecular formula is C21H28N2O5. The number of nitrogens with one attached hydrogen (secondary N) is 1. The molecule has 0 spiro atoms. The molecule has 2 unspecified atom stereocenters. The van der Waals surface area contributed by atoms with Crippen LogP contribution >= 0.6 is 0 Å². The van der Waals surface area contributed by atoms with Gasteiger partial charge in [-0.25, -0.2) is 4.79 Å². The number of amides is 2. The molecule has 2 N–H and O–H groups in total. The van der Waals surface area contributed by atoms with Crippen LogP contribution in [0.1, 0.15) is 57.7 Å². The number of benzene rings is 1. The quantitative estimate of drug-likeness (QED) is 0.749. The Hall–Kier alpha value is -2.67. The lowest BCUT2D eigenvalue weighted by atomic mass is 9.93. The van der Waals surface area contributed by atoms with Crippen LogP contribution in [-0.4, -0.2) is 46.0 Å². The van der Waals surface area contributed by atoms with Crippen molar-refractivity contribution in [2.75, 3.05) is 6.61 Å². The Bertz CT molecular complexity index is 766. The first kappa shape index (κ1) is 21.6. The maximum Gasteiger partial charge on any atom is 0.326 e. The smallest absolute Gasteiger partial charge is 0.326 e. The van der Waals surface area contributed by atoms with Crippen LogP contribution in [0.3, 0.4) is 0 Å². The highest BCUT2D eigenvalue weighted by Crippen LogP contribution is 2.32. The molecule has 2 rings (SSSR count). The first-order chi connectivity index (χ1) is 13.1. The SMILES string of the molecule is CC(=O)N1C=Cc2ccccc2C1CC(=O)NC(CCOC(C)(C)C)C(=O)O. The minimum atomic E-state index is -1.11. The van der Waals surface area contributed by atoms with Gasteiger partial charge >= 0.3 is 5.97 Å². The van der Waals surface area contributed by atoms with Gasteiger partial charge in [0.25, 0.3) is 0 Å². The molecule has 0 radical (unpaired) electrons. The molecule has 2 amide bonds. The average Bonchev–Trinajstić information content (AvgIpc) is 2.59. The summed E-state index contributed by atoms with van der Waals surface area (Å²) < 4.78 is 5.56. The molecule has 0 saturated heterocycles. The minimum absolute atomic E-state index is 0.0230. The van der Waals surface area contributed by atoms with E-state index in [1.165, 1.54) is 11.8 Å². The van der Waals surface area contributed by atoms with Crippen LogP contribution in [0.15, 0.2) is 30.5 Å². The zero-order valence-electron chi connectivity index (χ0n) is 16.8. The van der Waals surface area contributed by atoms with Crippen LogP contribution in [-0.2, 0) is 19.1 Å². The number of hydrogen-bond donors (Lipinski definition) is 2. The number of carbonyl (C=O) groups excluding carboxylic acids is 2. The van der Waals surface area contributed by atoms with Gasteiger partial charge in [0.05, 0.1) is 18.1 Å². The standard InChI is InChI=1S/C21H28N2O5/c1-14(24)23-11-9-15-7-5-6-8-16(15)18(23)13-19(25)22-17(20(26)27)10-12-28-21(2,3)4/h5-9,11,17-18H,10,12-13H2,1-4H3,(H,22,25)(H,26,27). The molecule has 0 aromatic heterocycles. The lowest BCUT2D eigenvalue weighted by Crippen LogP contribution is -2.43. The van der Waals surface area contributed by atoms with Crippen LogP contribution in [0, 0.1) is 0 Å². The Morgan fingerprint density at radius 1 is 1.25 bits per heavy atom. The number of nitrogens with zero attached hydrogens (tertiary/aromatic N) is 1. The molecule has 0 aliphatic carbocycles. The van der Waals surface area contributed by atoms with Crippen LogP contribution in [0.5, 0.6) is 0 Å². The highest BCUT2D eigenvalue weighted by atomic mass is 16.5. The second kappa shape index (κ2) is 9.01. The Labute approximate surface area is 165 Å². The normalized spacial score (nSPS) is 17.0. The average molecular weight is 388 g/mol. The van der Waals surface area contributed by atoms with Crippen molar-refractivity contribution in [3.8, 4) is 0 Å². The molecule has 7 nitrogen and oxygen atoms in total. The van der Waals surface area contributed by atoms with Crippen molar-refractivity contribution in [2.24, 2.45) is 0 Å². The summed E-state index contributed by atoms with van der Waals surface area (Å²) >= 11 is 0. The summed E-state index contributed by atoms with van der Waals surface area (Å²) in [5.41, 5.74) is 1.41. The third kappa shape index (κ3) is 5.92. The Kier molecular flexibility index (Phi) is 6.96. The lowest BCUT2D eigenvalue weighted by Gasteiger charge is -2.32. The number of carboxylic acids is 1. The van der Waals surface area contributed by atoms with E-state index in [-0.39, 0.29) is 31.0 Å². The van der Waals surface area contributed by atoms with Gasteiger partial charge in [0.2, 0.25) is 11.8 Å². The summed E-state index contributed by atoms with van der Waals surface area (Å²) in [6, 6.07) is 6.01. The van der Waals surface area contributed by atoms with Crippen molar-refractivity contribution in [3.63, 3.8) is 0 Å². The summed E-state index contributed by atoms with van der Waals surface area (Å²) in [5, 5.41) is 12.0. The summed E-state index contributed by atoms with van der Waals surface area (Å²) in [6.45, 7) is 7.30. The highest BCUT2D eigenvalue weighted by Gasteiger charge is 2.30. The summed E-state index contributed by atoms with van der Waals surface area (Å²) in [5.74, 6) is -1.72. The van der Waals surface area contributed by atoms with Gasteiger partial charge in [-0.2, -0.15) is 0 Å². The summed E-state index contributed by atoms with van der Waals surface area (Å²) in [7, 11) is 0. The second-order valence-corrected chi connectivity index (χ2v) is 7.80. The maximum atomic E-state index is 12.6. The minimum Gasteiger partial charge on any atom is -0.480 e. The van der Waals surface area contributed by atoms with Gasteiger partial charge < -0.3 is 20.1 Å². The zero-order chi connectivity index (χ0) is 20.9. The van der Waals surface area contributed by atoms with E-state index in [4.69, 9.17) is 4.74 Å². The fourth-order valence-corrected chi connectivity index (χ4v) is 3.08. The van der Waals surface area contributed by atoms with Crippen molar-refractivity contribution in [1.82, 2.24) is 10.2 Å². The van der Waals surface area contributed by atoms with Gasteiger partial charge in [-0.1, -0.05) is 24.3 Å². The molecule has 1 aromatic rings. The molecule has 152 valence electrons.